The zero-order valence-electron chi connectivity index (χ0n) is 12.5. The van der Waals surface area contributed by atoms with Crippen LogP contribution in [-0.4, -0.2) is 24.0 Å². The molecule has 0 aliphatic carbocycles. The minimum atomic E-state index is -0.497. The number of rotatable bonds is 6. The Bertz CT molecular complexity index is 598. The molecule has 1 saturated heterocycles. The van der Waals surface area contributed by atoms with Crippen LogP contribution in [0.25, 0.3) is 10.4 Å². The normalized spacial score (nSPS) is 22.5. The number of amides is 1. The average molecular weight is 302 g/mol. The van der Waals surface area contributed by atoms with Crippen molar-refractivity contribution < 1.29 is 14.3 Å². The molecule has 7 heteroatoms. The van der Waals surface area contributed by atoms with Gasteiger partial charge in [0.2, 0.25) is 5.91 Å². The highest BCUT2D eigenvalue weighted by atomic mass is 16.5. The Kier molecular flexibility index (Phi) is 5.01. The maximum Gasteiger partial charge on any atom is 0.311 e. The summed E-state index contributed by atoms with van der Waals surface area (Å²) in [6.45, 7) is 3.56. The highest BCUT2D eigenvalue weighted by molar-refractivity contribution is 5.89. The summed E-state index contributed by atoms with van der Waals surface area (Å²) >= 11 is 0. The molecular formula is C15H18N4O3. The van der Waals surface area contributed by atoms with Crippen LogP contribution in [0, 0.1) is 11.8 Å². The number of hydrogen-bond donors (Lipinski definition) is 1. The summed E-state index contributed by atoms with van der Waals surface area (Å²) in [5, 5.41) is 6.24. The summed E-state index contributed by atoms with van der Waals surface area (Å²) in [5.74, 6) is -1.57. The molecule has 1 aromatic rings. The SMILES string of the molecule is CC(C(=O)OCc1ccccc1)[C@H]1NC(=O)[C@@H]1C(C)N=[N+]=[N-]. The van der Waals surface area contributed by atoms with Gasteiger partial charge in [-0.3, -0.25) is 9.59 Å². The molecule has 0 bridgehead atoms. The van der Waals surface area contributed by atoms with E-state index in [4.69, 9.17) is 10.3 Å². The summed E-state index contributed by atoms with van der Waals surface area (Å²) in [4.78, 5) is 26.4. The molecule has 2 unspecified atom stereocenters. The van der Waals surface area contributed by atoms with Gasteiger partial charge in [-0.1, -0.05) is 42.4 Å². The molecule has 2 rings (SSSR count). The molecule has 1 N–H and O–H groups in total. The van der Waals surface area contributed by atoms with Crippen molar-refractivity contribution in [3.8, 4) is 0 Å². The number of hydrogen-bond acceptors (Lipinski definition) is 4. The van der Waals surface area contributed by atoms with E-state index in [1.165, 1.54) is 0 Å². The maximum absolute atomic E-state index is 12.1. The first-order valence-corrected chi connectivity index (χ1v) is 7.09. The van der Waals surface area contributed by atoms with E-state index in [2.05, 4.69) is 15.3 Å². The Morgan fingerprint density at radius 2 is 2.09 bits per heavy atom. The van der Waals surface area contributed by atoms with E-state index in [1.54, 1.807) is 13.8 Å². The lowest BCUT2D eigenvalue weighted by molar-refractivity contribution is -0.155. The van der Waals surface area contributed by atoms with Crippen LogP contribution in [0.2, 0.25) is 0 Å². The summed E-state index contributed by atoms with van der Waals surface area (Å²) in [7, 11) is 0. The number of azide groups is 1. The molecule has 1 amide bonds. The molecule has 1 aromatic carbocycles. The topological polar surface area (TPSA) is 104 Å². The Labute approximate surface area is 128 Å². The van der Waals surface area contributed by atoms with E-state index in [0.29, 0.717) is 0 Å². The second-order valence-corrected chi connectivity index (χ2v) is 5.39. The van der Waals surface area contributed by atoms with Crippen LogP contribution in [0.5, 0.6) is 0 Å². The van der Waals surface area contributed by atoms with Crippen molar-refractivity contribution in [1.29, 1.82) is 0 Å². The van der Waals surface area contributed by atoms with E-state index in [0.717, 1.165) is 5.56 Å². The molecule has 1 heterocycles. The highest BCUT2D eigenvalue weighted by Gasteiger charge is 2.47. The molecule has 1 fully saturated rings. The van der Waals surface area contributed by atoms with Gasteiger partial charge in [-0.05, 0) is 18.0 Å². The number of β-lactam (4-membered cyclic amide) rings is 1. The third-order valence-corrected chi connectivity index (χ3v) is 3.89. The molecule has 22 heavy (non-hydrogen) atoms. The summed E-state index contributed by atoms with van der Waals surface area (Å²) < 4.78 is 5.28. The molecule has 0 saturated carbocycles. The van der Waals surface area contributed by atoms with Gasteiger partial charge in [0.05, 0.1) is 17.9 Å². The van der Waals surface area contributed by atoms with Crippen LogP contribution in [-0.2, 0) is 20.9 Å². The summed E-state index contributed by atoms with van der Waals surface area (Å²) in [6, 6.07) is 8.52. The number of nitrogens with one attached hydrogen (secondary N) is 1. The molecule has 0 aromatic heterocycles. The quantitative estimate of drug-likeness (QED) is 0.286. The van der Waals surface area contributed by atoms with Gasteiger partial charge in [-0.25, -0.2) is 0 Å². The largest absolute Gasteiger partial charge is 0.461 e. The van der Waals surface area contributed by atoms with Gasteiger partial charge in [0, 0.05) is 11.0 Å². The molecule has 4 atom stereocenters. The lowest BCUT2D eigenvalue weighted by Crippen LogP contribution is -2.65. The predicted octanol–water partition coefficient (Wildman–Crippen LogP) is 2.18. The fraction of sp³-hybridized carbons (Fsp3) is 0.467. The van der Waals surface area contributed by atoms with Gasteiger partial charge in [0.1, 0.15) is 6.61 Å². The van der Waals surface area contributed by atoms with E-state index in [-0.39, 0.29) is 24.5 Å². The molecule has 0 spiro atoms. The number of ether oxygens (including phenoxy) is 1. The number of benzene rings is 1. The average Bonchev–Trinajstić information content (AvgIpc) is 2.50. The highest BCUT2D eigenvalue weighted by Crippen LogP contribution is 2.28. The van der Waals surface area contributed by atoms with Gasteiger partial charge in [-0.15, -0.1) is 0 Å². The monoisotopic (exact) mass is 302 g/mol. The van der Waals surface area contributed by atoms with Crippen molar-refractivity contribution >= 4 is 11.9 Å². The number of nitrogens with zero attached hydrogens (tertiary/aromatic N) is 3. The third kappa shape index (κ3) is 3.38. The van der Waals surface area contributed by atoms with Gasteiger partial charge in [0.25, 0.3) is 0 Å². The van der Waals surface area contributed by atoms with Crippen LogP contribution in [0.1, 0.15) is 19.4 Å². The molecular weight excluding hydrogens is 284 g/mol. The first-order chi connectivity index (χ1) is 10.5. The zero-order valence-corrected chi connectivity index (χ0v) is 12.5. The molecule has 1 aliphatic rings. The van der Waals surface area contributed by atoms with E-state index < -0.39 is 17.9 Å². The molecule has 7 nitrogen and oxygen atoms in total. The number of carbonyl (C=O) groups is 2. The Balaban J connectivity index is 1.93. The van der Waals surface area contributed by atoms with Crippen molar-refractivity contribution in [2.75, 3.05) is 0 Å². The second kappa shape index (κ2) is 6.95. The Hall–Kier alpha value is -2.53. The first-order valence-electron chi connectivity index (χ1n) is 7.09. The Morgan fingerprint density at radius 3 is 2.68 bits per heavy atom. The van der Waals surface area contributed by atoms with Gasteiger partial charge < -0.3 is 10.1 Å². The second-order valence-electron chi connectivity index (χ2n) is 5.39. The standard InChI is InChI=1S/C15H18N4O3/c1-9(13-12(14(20)17-13)10(2)18-19-16)15(21)22-8-11-6-4-3-5-7-11/h3-7,9-10,12-13H,8H2,1-2H3,(H,17,20)/t9?,10?,12-,13-/m1/s1. The summed E-state index contributed by atoms with van der Waals surface area (Å²) in [5.41, 5.74) is 9.37. The maximum atomic E-state index is 12.1. The fourth-order valence-corrected chi connectivity index (χ4v) is 2.53. The van der Waals surface area contributed by atoms with Crippen LogP contribution < -0.4 is 5.32 Å². The van der Waals surface area contributed by atoms with Crippen molar-refractivity contribution in [1.82, 2.24) is 5.32 Å². The van der Waals surface area contributed by atoms with E-state index in [9.17, 15) is 9.59 Å². The minimum Gasteiger partial charge on any atom is -0.461 e. The van der Waals surface area contributed by atoms with Crippen LogP contribution in [0.3, 0.4) is 0 Å². The van der Waals surface area contributed by atoms with E-state index >= 15 is 0 Å². The molecule has 116 valence electrons. The fourth-order valence-electron chi connectivity index (χ4n) is 2.53. The van der Waals surface area contributed by atoms with Gasteiger partial charge in [0.15, 0.2) is 0 Å². The lowest BCUT2D eigenvalue weighted by atomic mass is 9.78. The van der Waals surface area contributed by atoms with Crippen molar-refractivity contribution in [3.05, 3.63) is 46.3 Å². The third-order valence-electron chi connectivity index (χ3n) is 3.89. The van der Waals surface area contributed by atoms with Gasteiger partial charge in [-0.2, -0.15) is 0 Å². The zero-order chi connectivity index (χ0) is 16.1. The molecule has 1 aliphatic heterocycles. The van der Waals surface area contributed by atoms with Crippen LogP contribution in [0.4, 0.5) is 0 Å². The number of carbonyl (C=O) groups excluding carboxylic acids is 2. The summed E-state index contributed by atoms with van der Waals surface area (Å²) in [6.07, 6.45) is 0. The lowest BCUT2D eigenvalue weighted by Gasteiger charge is -2.41. The Morgan fingerprint density at radius 1 is 1.41 bits per heavy atom. The first kappa shape index (κ1) is 15.9. The van der Waals surface area contributed by atoms with Gasteiger partial charge >= 0.3 is 5.97 Å². The minimum absolute atomic E-state index is 0.196. The van der Waals surface area contributed by atoms with Crippen LogP contribution >= 0.6 is 0 Å². The van der Waals surface area contributed by atoms with E-state index in [1.807, 2.05) is 30.3 Å². The van der Waals surface area contributed by atoms with Crippen LogP contribution in [0.15, 0.2) is 35.4 Å². The van der Waals surface area contributed by atoms with Crippen molar-refractivity contribution in [2.24, 2.45) is 17.0 Å². The van der Waals surface area contributed by atoms with Crippen molar-refractivity contribution in [2.45, 2.75) is 32.5 Å². The predicted molar refractivity (Wildman–Crippen MR) is 79.4 cm³/mol. The smallest absolute Gasteiger partial charge is 0.311 e. The number of esters is 1. The molecule has 0 radical (unpaired) electrons. The van der Waals surface area contributed by atoms with Crippen molar-refractivity contribution in [3.63, 3.8) is 0 Å².